The van der Waals surface area contributed by atoms with E-state index < -0.39 is 5.92 Å². The van der Waals surface area contributed by atoms with Crippen LogP contribution in [0.2, 0.25) is 0 Å². The molecule has 5 heteroatoms. The van der Waals surface area contributed by atoms with Crippen LogP contribution in [0.5, 0.6) is 11.5 Å². The molecule has 0 saturated heterocycles. The second kappa shape index (κ2) is 9.74. The van der Waals surface area contributed by atoms with Crippen molar-refractivity contribution in [2.24, 2.45) is 0 Å². The highest BCUT2D eigenvalue weighted by atomic mass is 16.5. The minimum Gasteiger partial charge on any atom is -0.504 e. The van der Waals surface area contributed by atoms with Crippen LogP contribution in [-0.4, -0.2) is 30.5 Å². The van der Waals surface area contributed by atoms with Crippen LogP contribution in [0, 0.1) is 0 Å². The Morgan fingerprint density at radius 3 is 2.40 bits per heavy atom. The van der Waals surface area contributed by atoms with E-state index in [2.05, 4.69) is 5.32 Å². The quantitative estimate of drug-likeness (QED) is 0.556. The highest BCUT2D eigenvalue weighted by Gasteiger charge is 2.17. The van der Waals surface area contributed by atoms with Crippen molar-refractivity contribution in [1.29, 1.82) is 0 Å². The van der Waals surface area contributed by atoms with E-state index in [1.807, 2.05) is 37.3 Å². The van der Waals surface area contributed by atoms with E-state index in [0.717, 1.165) is 11.1 Å². The molecule has 1 atom stereocenters. The van der Waals surface area contributed by atoms with Crippen molar-refractivity contribution in [1.82, 2.24) is 5.32 Å². The van der Waals surface area contributed by atoms with Crippen LogP contribution in [0.25, 0.3) is 0 Å². The summed E-state index contributed by atoms with van der Waals surface area (Å²) in [5, 5.41) is 12.8. The average Bonchev–Trinajstić information content (AvgIpc) is 2.78. The number of phenolic OH excluding ortho intramolecular Hbond substituents is 1. The minimum absolute atomic E-state index is 0.0654. The number of carbonyl (C=O) groups excluding carboxylic acids is 2. The van der Waals surface area contributed by atoms with Crippen molar-refractivity contribution < 1.29 is 19.4 Å². The summed E-state index contributed by atoms with van der Waals surface area (Å²) < 4.78 is 5.03. The molecule has 3 aromatic carbocycles. The van der Waals surface area contributed by atoms with Gasteiger partial charge in [-0.05, 0) is 42.7 Å². The number of amides is 1. The van der Waals surface area contributed by atoms with Gasteiger partial charge in [0.15, 0.2) is 17.3 Å². The molecule has 0 aliphatic rings. The monoisotopic (exact) mass is 403 g/mol. The lowest BCUT2D eigenvalue weighted by molar-refractivity contribution is -0.122. The fourth-order valence-corrected chi connectivity index (χ4v) is 3.23. The number of hydrogen-bond acceptors (Lipinski definition) is 4. The van der Waals surface area contributed by atoms with Gasteiger partial charge in [-0.3, -0.25) is 9.59 Å². The molecule has 1 amide bonds. The Kier molecular flexibility index (Phi) is 6.86. The zero-order chi connectivity index (χ0) is 21.5. The second-order valence-corrected chi connectivity index (χ2v) is 7.09. The summed E-state index contributed by atoms with van der Waals surface area (Å²) in [4.78, 5) is 25.2. The van der Waals surface area contributed by atoms with Crippen LogP contribution in [0.3, 0.4) is 0 Å². The first-order valence-electron chi connectivity index (χ1n) is 9.83. The van der Waals surface area contributed by atoms with Gasteiger partial charge in [-0.1, -0.05) is 54.6 Å². The molecule has 5 nitrogen and oxygen atoms in total. The minimum atomic E-state index is -0.391. The Morgan fingerprint density at radius 1 is 0.967 bits per heavy atom. The molecule has 3 aromatic rings. The zero-order valence-corrected chi connectivity index (χ0v) is 17.1. The SMILES string of the molecule is COc1ccc(CCNC(=O)[C@@H](C)c2cccc(C(=O)c3ccccc3)c2)cc1O. The van der Waals surface area contributed by atoms with E-state index in [0.29, 0.717) is 29.8 Å². The molecule has 0 aromatic heterocycles. The molecule has 2 N–H and O–H groups in total. The van der Waals surface area contributed by atoms with Crippen LogP contribution in [-0.2, 0) is 11.2 Å². The fraction of sp³-hybridized carbons (Fsp3) is 0.200. The third-order valence-electron chi connectivity index (χ3n) is 5.03. The summed E-state index contributed by atoms with van der Waals surface area (Å²) in [7, 11) is 1.50. The molecule has 0 aliphatic heterocycles. The Balaban J connectivity index is 1.60. The van der Waals surface area contributed by atoms with Crippen molar-refractivity contribution >= 4 is 11.7 Å². The third-order valence-corrected chi connectivity index (χ3v) is 5.03. The van der Waals surface area contributed by atoms with Crippen LogP contribution in [0.4, 0.5) is 0 Å². The van der Waals surface area contributed by atoms with E-state index in [-0.39, 0.29) is 17.4 Å². The van der Waals surface area contributed by atoms with Crippen LogP contribution in [0.15, 0.2) is 72.8 Å². The molecule has 0 bridgehead atoms. The number of ketones is 1. The average molecular weight is 403 g/mol. The lowest BCUT2D eigenvalue weighted by atomic mass is 9.95. The van der Waals surface area contributed by atoms with Gasteiger partial charge in [-0.15, -0.1) is 0 Å². The van der Waals surface area contributed by atoms with Gasteiger partial charge in [0, 0.05) is 17.7 Å². The summed E-state index contributed by atoms with van der Waals surface area (Å²) in [5.41, 5.74) is 2.87. The van der Waals surface area contributed by atoms with Gasteiger partial charge in [-0.2, -0.15) is 0 Å². The summed E-state index contributed by atoms with van der Waals surface area (Å²) in [6.07, 6.45) is 0.586. The molecule has 154 valence electrons. The highest BCUT2D eigenvalue weighted by Crippen LogP contribution is 2.26. The predicted molar refractivity (Wildman–Crippen MR) is 116 cm³/mol. The Morgan fingerprint density at radius 2 is 1.70 bits per heavy atom. The molecule has 30 heavy (non-hydrogen) atoms. The number of carbonyl (C=O) groups is 2. The topological polar surface area (TPSA) is 75.6 Å². The summed E-state index contributed by atoms with van der Waals surface area (Å²) in [5.74, 6) is -0.0739. The van der Waals surface area contributed by atoms with Gasteiger partial charge in [0.2, 0.25) is 5.91 Å². The number of ether oxygens (including phenoxy) is 1. The van der Waals surface area contributed by atoms with Crippen molar-refractivity contribution in [2.75, 3.05) is 13.7 Å². The van der Waals surface area contributed by atoms with Gasteiger partial charge in [0.25, 0.3) is 0 Å². The van der Waals surface area contributed by atoms with Gasteiger partial charge >= 0.3 is 0 Å². The predicted octanol–water partition coefficient (Wildman–Crippen LogP) is 4.09. The van der Waals surface area contributed by atoms with Gasteiger partial charge < -0.3 is 15.2 Å². The smallest absolute Gasteiger partial charge is 0.227 e. The summed E-state index contributed by atoms with van der Waals surface area (Å²) >= 11 is 0. The first-order valence-corrected chi connectivity index (χ1v) is 9.83. The molecule has 0 spiro atoms. The molecule has 0 saturated carbocycles. The van der Waals surface area contributed by atoms with Crippen molar-refractivity contribution in [3.8, 4) is 11.5 Å². The normalized spacial score (nSPS) is 11.5. The summed E-state index contributed by atoms with van der Waals surface area (Å²) in [6, 6.07) is 21.5. The Bertz CT molecular complexity index is 1030. The molecule has 0 heterocycles. The third kappa shape index (κ3) is 5.06. The number of aromatic hydroxyl groups is 1. The van der Waals surface area contributed by atoms with E-state index in [4.69, 9.17) is 4.74 Å². The van der Waals surface area contributed by atoms with Crippen molar-refractivity contribution in [3.05, 3.63) is 95.1 Å². The molecule has 0 fully saturated rings. The van der Waals surface area contributed by atoms with E-state index >= 15 is 0 Å². The number of nitrogens with one attached hydrogen (secondary N) is 1. The van der Waals surface area contributed by atoms with E-state index in [1.54, 1.807) is 42.5 Å². The van der Waals surface area contributed by atoms with E-state index in [9.17, 15) is 14.7 Å². The van der Waals surface area contributed by atoms with Crippen molar-refractivity contribution in [3.63, 3.8) is 0 Å². The number of rotatable bonds is 8. The Labute approximate surface area is 176 Å². The lowest BCUT2D eigenvalue weighted by Crippen LogP contribution is -2.29. The Hall–Kier alpha value is -3.60. The molecule has 3 rings (SSSR count). The van der Waals surface area contributed by atoms with E-state index in [1.165, 1.54) is 7.11 Å². The largest absolute Gasteiger partial charge is 0.504 e. The fourth-order valence-electron chi connectivity index (χ4n) is 3.23. The maximum atomic E-state index is 12.7. The first kappa shape index (κ1) is 21.1. The molecule has 0 unspecified atom stereocenters. The van der Waals surface area contributed by atoms with Crippen molar-refractivity contribution in [2.45, 2.75) is 19.3 Å². The number of phenols is 1. The van der Waals surface area contributed by atoms with Crippen LogP contribution >= 0.6 is 0 Å². The maximum absolute atomic E-state index is 12.7. The molecule has 0 aliphatic carbocycles. The maximum Gasteiger partial charge on any atom is 0.227 e. The van der Waals surface area contributed by atoms with Gasteiger partial charge in [-0.25, -0.2) is 0 Å². The zero-order valence-electron chi connectivity index (χ0n) is 17.1. The molecule has 0 radical (unpaired) electrons. The standard InChI is InChI=1S/C25H25NO4/c1-17(25(29)26-14-13-18-11-12-23(30-2)22(27)15-18)20-9-6-10-21(16-20)24(28)19-7-4-3-5-8-19/h3-12,15-17,27H,13-14H2,1-2H3,(H,26,29)/t17-/m0/s1. The first-order chi connectivity index (χ1) is 14.5. The van der Waals surface area contributed by atoms with Crippen LogP contribution in [0.1, 0.15) is 39.9 Å². The molecular weight excluding hydrogens is 378 g/mol. The number of methoxy groups -OCH3 is 1. The molecular formula is C25H25NO4. The highest BCUT2D eigenvalue weighted by molar-refractivity contribution is 6.09. The second-order valence-electron chi connectivity index (χ2n) is 7.09. The van der Waals surface area contributed by atoms with Gasteiger partial charge in [0.1, 0.15) is 0 Å². The number of benzene rings is 3. The summed E-state index contributed by atoms with van der Waals surface area (Å²) in [6.45, 7) is 2.26. The van der Waals surface area contributed by atoms with Crippen LogP contribution < -0.4 is 10.1 Å². The number of hydrogen-bond donors (Lipinski definition) is 2. The van der Waals surface area contributed by atoms with Gasteiger partial charge in [0.05, 0.1) is 13.0 Å². The lowest BCUT2D eigenvalue weighted by Gasteiger charge is -2.14.